The standard InChI is InChI=1S/C5H9FN4/c1-8-5(10-4-7)9-3-2-6/h2-3H2,1H3,(H2,8,9,10). The van der Waals surface area contributed by atoms with Gasteiger partial charge in [-0.15, -0.1) is 0 Å². The van der Waals surface area contributed by atoms with E-state index in [1.807, 2.05) is 0 Å². The monoisotopic (exact) mass is 144 g/mol. The molecule has 0 aliphatic heterocycles. The van der Waals surface area contributed by atoms with Crippen LogP contribution in [-0.2, 0) is 0 Å². The van der Waals surface area contributed by atoms with Crippen LogP contribution in [0.15, 0.2) is 4.99 Å². The normalized spacial score (nSPS) is 10.3. The van der Waals surface area contributed by atoms with Gasteiger partial charge in [0.25, 0.3) is 0 Å². The van der Waals surface area contributed by atoms with E-state index >= 15 is 0 Å². The quantitative estimate of drug-likeness (QED) is 0.240. The first kappa shape index (κ1) is 8.69. The van der Waals surface area contributed by atoms with Crippen LogP contribution in [0.4, 0.5) is 4.39 Å². The molecule has 0 unspecified atom stereocenters. The molecule has 0 saturated carbocycles. The van der Waals surface area contributed by atoms with E-state index in [0.29, 0.717) is 5.96 Å². The van der Waals surface area contributed by atoms with Crippen LogP contribution in [0.1, 0.15) is 0 Å². The number of hydrogen-bond acceptors (Lipinski definition) is 2. The Morgan fingerprint density at radius 2 is 2.50 bits per heavy atom. The third-order valence-electron chi connectivity index (χ3n) is 0.785. The molecule has 5 heteroatoms. The molecule has 2 N–H and O–H groups in total. The van der Waals surface area contributed by atoms with Crippen LogP contribution in [0.5, 0.6) is 0 Å². The fraction of sp³-hybridized carbons (Fsp3) is 0.600. The van der Waals surface area contributed by atoms with E-state index in [2.05, 4.69) is 15.6 Å². The summed E-state index contributed by atoms with van der Waals surface area (Å²) in [6.45, 7) is -0.312. The van der Waals surface area contributed by atoms with Gasteiger partial charge in [0.1, 0.15) is 6.67 Å². The molecule has 0 amide bonds. The summed E-state index contributed by atoms with van der Waals surface area (Å²) in [6.07, 6.45) is 1.66. The lowest BCUT2D eigenvalue weighted by molar-refractivity contribution is 0.490. The number of aliphatic imine (C=N–C) groups is 1. The van der Waals surface area contributed by atoms with Gasteiger partial charge in [-0.3, -0.25) is 10.3 Å². The Balaban J connectivity index is 3.54. The Bertz CT molecular complexity index is 148. The van der Waals surface area contributed by atoms with Crippen LogP contribution in [0.2, 0.25) is 0 Å². The van der Waals surface area contributed by atoms with E-state index in [1.165, 1.54) is 7.05 Å². The lowest BCUT2D eigenvalue weighted by Gasteiger charge is -2.02. The average molecular weight is 144 g/mol. The maximum absolute atomic E-state index is 11.5. The lowest BCUT2D eigenvalue weighted by atomic mass is 10.7. The molecule has 0 bridgehead atoms. The largest absolute Gasteiger partial charge is 0.353 e. The predicted molar refractivity (Wildman–Crippen MR) is 36.1 cm³/mol. The summed E-state index contributed by atoms with van der Waals surface area (Å²) in [5.41, 5.74) is 0. The molecule has 0 aromatic carbocycles. The number of guanidine groups is 1. The zero-order valence-electron chi connectivity index (χ0n) is 5.69. The van der Waals surface area contributed by atoms with Gasteiger partial charge in [0, 0.05) is 13.6 Å². The molecule has 0 aliphatic carbocycles. The Labute approximate surface area is 58.8 Å². The van der Waals surface area contributed by atoms with Crippen LogP contribution >= 0.6 is 0 Å². The summed E-state index contributed by atoms with van der Waals surface area (Å²) >= 11 is 0. The fourth-order valence-electron chi connectivity index (χ4n) is 0.398. The highest BCUT2D eigenvalue weighted by Crippen LogP contribution is 1.66. The predicted octanol–water partition coefficient (Wildman–Crippen LogP) is -0.398. The van der Waals surface area contributed by atoms with Gasteiger partial charge < -0.3 is 5.32 Å². The summed E-state index contributed by atoms with van der Waals surface area (Å²) in [5.74, 6) is 0.292. The minimum atomic E-state index is -0.480. The van der Waals surface area contributed by atoms with Gasteiger partial charge in [-0.05, 0) is 0 Å². The van der Waals surface area contributed by atoms with E-state index in [-0.39, 0.29) is 6.54 Å². The molecule has 0 radical (unpaired) electrons. The third kappa shape index (κ3) is 3.66. The topological polar surface area (TPSA) is 60.2 Å². The average Bonchev–Trinajstić information content (AvgIpc) is 1.98. The SMILES string of the molecule is CN=C(NC#N)NCCF. The van der Waals surface area contributed by atoms with Crippen molar-refractivity contribution in [1.29, 1.82) is 5.26 Å². The van der Waals surface area contributed by atoms with Crippen LogP contribution in [0.3, 0.4) is 0 Å². The first-order chi connectivity index (χ1) is 4.85. The van der Waals surface area contributed by atoms with Crippen LogP contribution in [-0.4, -0.2) is 26.2 Å². The van der Waals surface area contributed by atoms with Gasteiger partial charge in [-0.2, -0.15) is 5.26 Å². The summed E-state index contributed by atoms with van der Waals surface area (Å²) in [5, 5.41) is 12.9. The Morgan fingerprint density at radius 3 is 2.90 bits per heavy atom. The smallest absolute Gasteiger partial charge is 0.204 e. The van der Waals surface area contributed by atoms with Crippen molar-refractivity contribution < 1.29 is 4.39 Å². The van der Waals surface area contributed by atoms with E-state index in [1.54, 1.807) is 6.19 Å². The minimum absolute atomic E-state index is 0.168. The molecule has 0 aromatic rings. The Kier molecular flexibility index (Phi) is 5.06. The molecular weight excluding hydrogens is 135 g/mol. The molecule has 0 rings (SSSR count). The molecule has 0 atom stereocenters. The molecule has 0 fully saturated rings. The van der Waals surface area contributed by atoms with E-state index in [9.17, 15) is 4.39 Å². The second kappa shape index (κ2) is 5.82. The molecule has 0 spiro atoms. The van der Waals surface area contributed by atoms with E-state index < -0.39 is 6.67 Å². The van der Waals surface area contributed by atoms with Crippen molar-refractivity contribution in [3.8, 4) is 6.19 Å². The zero-order chi connectivity index (χ0) is 7.82. The summed E-state index contributed by atoms with van der Waals surface area (Å²) < 4.78 is 11.5. The van der Waals surface area contributed by atoms with Crippen molar-refractivity contribution in [2.75, 3.05) is 20.3 Å². The van der Waals surface area contributed by atoms with Gasteiger partial charge in [0.2, 0.25) is 5.96 Å². The second-order valence-corrected chi connectivity index (χ2v) is 1.42. The van der Waals surface area contributed by atoms with Crippen molar-refractivity contribution in [2.24, 2.45) is 4.99 Å². The number of rotatable bonds is 2. The first-order valence-corrected chi connectivity index (χ1v) is 2.77. The number of alkyl halides is 1. The van der Waals surface area contributed by atoms with Crippen molar-refractivity contribution in [2.45, 2.75) is 0 Å². The summed E-state index contributed by atoms with van der Waals surface area (Å²) in [4.78, 5) is 3.62. The molecule has 0 heterocycles. The highest BCUT2D eigenvalue weighted by molar-refractivity contribution is 5.80. The second-order valence-electron chi connectivity index (χ2n) is 1.42. The maximum atomic E-state index is 11.5. The number of nitrogens with one attached hydrogen (secondary N) is 2. The fourth-order valence-corrected chi connectivity index (χ4v) is 0.398. The third-order valence-corrected chi connectivity index (χ3v) is 0.785. The zero-order valence-corrected chi connectivity index (χ0v) is 5.69. The molecular formula is C5H9FN4. The highest BCUT2D eigenvalue weighted by Gasteiger charge is 1.91. The van der Waals surface area contributed by atoms with E-state index in [4.69, 9.17) is 5.26 Å². The van der Waals surface area contributed by atoms with Crippen molar-refractivity contribution >= 4 is 5.96 Å². The molecule has 0 aliphatic rings. The minimum Gasteiger partial charge on any atom is -0.353 e. The number of nitriles is 1. The van der Waals surface area contributed by atoms with Gasteiger partial charge >= 0.3 is 0 Å². The highest BCUT2D eigenvalue weighted by atomic mass is 19.1. The maximum Gasteiger partial charge on any atom is 0.204 e. The number of nitrogens with zero attached hydrogens (tertiary/aromatic N) is 2. The Hall–Kier alpha value is -1.31. The van der Waals surface area contributed by atoms with Crippen molar-refractivity contribution in [1.82, 2.24) is 10.6 Å². The van der Waals surface area contributed by atoms with Gasteiger partial charge in [-0.25, -0.2) is 4.39 Å². The van der Waals surface area contributed by atoms with Gasteiger partial charge in [0.05, 0.1) is 0 Å². The van der Waals surface area contributed by atoms with Crippen molar-refractivity contribution in [3.63, 3.8) is 0 Å². The molecule has 4 nitrogen and oxygen atoms in total. The number of hydrogen-bond donors (Lipinski definition) is 2. The number of halogens is 1. The van der Waals surface area contributed by atoms with Gasteiger partial charge in [0.15, 0.2) is 6.19 Å². The molecule has 0 aromatic heterocycles. The van der Waals surface area contributed by atoms with Crippen LogP contribution < -0.4 is 10.6 Å². The van der Waals surface area contributed by atoms with Crippen LogP contribution in [0.25, 0.3) is 0 Å². The van der Waals surface area contributed by atoms with Crippen LogP contribution in [0, 0.1) is 11.5 Å². The summed E-state index contributed by atoms with van der Waals surface area (Å²) in [7, 11) is 1.50. The molecule has 56 valence electrons. The molecule has 0 saturated heterocycles. The van der Waals surface area contributed by atoms with Gasteiger partial charge in [-0.1, -0.05) is 0 Å². The van der Waals surface area contributed by atoms with Crippen molar-refractivity contribution in [3.05, 3.63) is 0 Å². The first-order valence-electron chi connectivity index (χ1n) is 2.77. The lowest BCUT2D eigenvalue weighted by Crippen LogP contribution is -2.35. The Morgan fingerprint density at radius 1 is 1.80 bits per heavy atom. The molecule has 10 heavy (non-hydrogen) atoms. The summed E-state index contributed by atoms with van der Waals surface area (Å²) in [6, 6.07) is 0. The van der Waals surface area contributed by atoms with E-state index in [0.717, 1.165) is 0 Å².